The van der Waals surface area contributed by atoms with Crippen LogP contribution in [0, 0.1) is 11.8 Å². The van der Waals surface area contributed by atoms with Gasteiger partial charge in [0.05, 0.1) is 0 Å². The predicted molar refractivity (Wildman–Crippen MR) is 71.8 cm³/mol. The predicted octanol–water partition coefficient (Wildman–Crippen LogP) is 4.69. The van der Waals surface area contributed by atoms with Crippen LogP contribution in [0.3, 0.4) is 0 Å². The van der Waals surface area contributed by atoms with Crippen LogP contribution in [0.1, 0.15) is 47.0 Å². The second kappa shape index (κ2) is 7.45. The lowest BCUT2D eigenvalue weighted by Crippen LogP contribution is -2.30. The summed E-state index contributed by atoms with van der Waals surface area (Å²) in [6, 6.07) is 1.32. The number of rotatable bonds is 8. The summed E-state index contributed by atoms with van der Waals surface area (Å²) in [5.74, 6) is 1.75. The molecule has 0 bridgehead atoms. The van der Waals surface area contributed by atoms with E-state index in [1.807, 2.05) is 0 Å². The standard InChI is InChI=1S/C13H30OSi/c1-7-12(3)11-13(4)9-10-15(5,6)14-8-2/h12-13H,7-11H2,1-6H3. The molecule has 0 N–H and O–H groups in total. The SMILES string of the molecule is CCO[Si](C)(C)CCC(C)CC(C)CC. The van der Waals surface area contributed by atoms with Gasteiger partial charge in [-0.15, -0.1) is 0 Å². The average molecular weight is 230 g/mol. The smallest absolute Gasteiger partial charge is 0.186 e. The third-order valence-corrected chi connectivity index (χ3v) is 5.84. The summed E-state index contributed by atoms with van der Waals surface area (Å²) < 4.78 is 5.85. The van der Waals surface area contributed by atoms with Crippen LogP contribution in [0.5, 0.6) is 0 Å². The Bertz CT molecular complexity index is 157. The molecular weight excluding hydrogens is 200 g/mol. The molecule has 0 fully saturated rings. The largest absolute Gasteiger partial charge is 0.418 e. The minimum absolute atomic E-state index is 0.868. The summed E-state index contributed by atoms with van der Waals surface area (Å²) >= 11 is 0. The van der Waals surface area contributed by atoms with Crippen molar-refractivity contribution in [3.05, 3.63) is 0 Å². The highest BCUT2D eigenvalue weighted by Gasteiger charge is 2.22. The molecule has 15 heavy (non-hydrogen) atoms. The van der Waals surface area contributed by atoms with Crippen molar-refractivity contribution in [1.29, 1.82) is 0 Å². The highest BCUT2D eigenvalue weighted by atomic mass is 28.4. The highest BCUT2D eigenvalue weighted by molar-refractivity contribution is 6.71. The van der Waals surface area contributed by atoms with Crippen molar-refractivity contribution in [1.82, 2.24) is 0 Å². The van der Waals surface area contributed by atoms with Crippen LogP contribution in [-0.2, 0) is 4.43 Å². The molecule has 1 nitrogen and oxygen atoms in total. The van der Waals surface area contributed by atoms with Crippen LogP contribution in [0.2, 0.25) is 19.1 Å². The van der Waals surface area contributed by atoms with Crippen LogP contribution in [0.15, 0.2) is 0 Å². The maximum absolute atomic E-state index is 5.85. The highest BCUT2D eigenvalue weighted by Crippen LogP contribution is 2.23. The number of hydrogen-bond donors (Lipinski definition) is 0. The van der Waals surface area contributed by atoms with Gasteiger partial charge in [0.1, 0.15) is 0 Å². The quantitative estimate of drug-likeness (QED) is 0.550. The fourth-order valence-electron chi connectivity index (χ4n) is 2.03. The Morgan fingerprint density at radius 3 is 2.13 bits per heavy atom. The fraction of sp³-hybridized carbons (Fsp3) is 1.00. The van der Waals surface area contributed by atoms with Crippen molar-refractivity contribution < 1.29 is 4.43 Å². The van der Waals surface area contributed by atoms with Crippen LogP contribution in [0.25, 0.3) is 0 Å². The van der Waals surface area contributed by atoms with Crippen LogP contribution >= 0.6 is 0 Å². The minimum Gasteiger partial charge on any atom is -0.418 e. The molecule has 2 unspecified atom stereocenters. The lowest BCUT2D eigenvalue weighted by atomic mass is 9.94. The zero-order valence-electron chi connectivity index (χ0n) is 11.6. The third-order valence-electron chi connectivity index (χ3n) is 3.28. The van der Waals surface area contributed by atoms with Crippen molar-refractivity contribution in [3.8, 4) is 0 Å². The van der Waals surface area contributed by atoms with E-state index in [0.29, 0.717) is 0 Å². The first-order valence-corrected chi connectivity index (χ1v) is 9.66. The first-order chi connectivity index (χ1) is 6.91. The van der Waals surface area contributed by atoms with Gasteiger partial charge in [0, 0.05) is 6.61 Å². The molecule has 0 aromatic heterocycles. The van der Waals surface area contributed by atoms with Gasteiger partial charge in [-0.1, -0.05) is 33.6 Å². The van der Waals surface area contributed by atoms with E-state index in [1.54, 1.807) is 0 Å². The Labute approximate surface area is 97.7 Å². The van der Waals surface area contributed by atoms with E-state index >= 15 is 0 Å². The molecule has 0 amide bonds. The molecule has 0 aliphatic carbocycles. The monoisotopic (exact) mass is 230 g/mol. The molecule has 0 aromatic rings. The van der Waals surface area contributed by atoms with Gasteiger partial charge in [0.25, 0.3) is 0 Å². The molecule has 0 heterocycles. The molecular formula is C13H30OSi. The van der Waals surface area contributed by atoms with Gasteiger partial charge in [-0.3, -0.25) is 0 Å². The molecule has 92 valence electrons. The van der Waals surface area contributed by atoms with Crippen molar-refractivity contribution in [2.24, 2.45) is 11.8 Å². The minimum atomic E-state index is -1.33. The molecule has 0 rings (SSSR count). The first-order valence-electron chi connectivity index (χ1n) is 6.55. The molecule has 0 spiro atoms. The van der Waals surface area contributed by atoms with Gasteiger partial charge < -0.3 is 4.43 Å². The van der Waals surface area contributed by atoms with Gasteiger partial charge >= 0.3 is 0 Å². The van der Waals surface area contributed by atoms with E-state index in [1.165, 1.54) is 25.3 Å². The Kier molecular flexibility index (Phi) is 7.54. The maximum Gasteiger partial charge on any atom is 0.186 e. The lowest BCUT2D eigenvalue weighted by molar-refractivity contribution is 0.321. The molecule has 2 atom stereocenters. The Morgan fingerprint density at radius 1 is 1.07 bits per heavy atom. The van der Waals surface area contributed by atoms with E-state index in [2.05, 4.69) is 40.8 Å². The van der Waals surface area contributed by atoms with Gasteiger partial charge in [-0.2, -0.15) is 0 Å². The third kappa shape index (κ3) is 8.03. The van der Waals surface area contributed by atoms with Crippen LogP contribution in [-0.4, -0.2) is 14.9 Å². The molecule has 2 heteroatoms. The summed E-state index contributed by atoms with van der Waals surface area (Å²) in [5, 5.41) is 0. The zero-order chi connectivity index (χ0) is 11.9. The molecule has 0 aliphatic rings. The number of hydrogen-bond acceptors (Lipinski definition) is 1. The second-order valence-electron chi connectivity index (χ2n) is 5.59. The Hall–Kier alpha value is 0.177. The fourth-order valence-corrected chi connectivity index (χ4v) is 4.14. The van der Waals surface area contributed by atoms with Gasteiger partial charge in [-0.05, 0) is 44.3 Å². The summed E-state index contributed by atoms with van der Waals surface area (Å²) in [6.45, 7) is 14.7. The maximum atomic E-state index is 5.85. The normalized spacial score (nSPS) is 16.4. The Balaban J connectivity index is 3.74. The summed E-state index contributed by atoms with van der Waals surface area (Å²) in [5.41, 5.74) is 0. The average Bonchev–Trinajstić information content (AvgIpc) is 2.15. The molecule has 0 saturated carbocycles. The Morgan fingerprint density at radius 2 is 1.67 bits per heavy atom. The van der Waals surface area contributed by atoms with Gasteiger partial charge in [-0.25, -0.2) is 0 Å². The van der Waals surface area contributed by atoms with Crippen molar-refractivity contribution in [3.63, 3.8) is 0 Å². The summed E-state index contributed by atoms with van der Waals surface area (Å²) in [7, 11) is -1.33. The van der Waals surface area contributed by atoms with E-state index in [4.69, 9.17) is 4.43 Å². The summed E-state index contributed by atoms with van der Waals surface area (Å²) in [4.78, 5) is 0. The molecule has 0 aromatic carbocycles. The zero-order valence-corrected chi connectivity index (χ0v) is 12.6. The van der Waals surface area contributed by atoms with Crippen molar-refractivity contribution >= 4 is 8.32 Å². The van der Waals surface area contributed by atoms with E-state index in [0.717, 1.165) is 18.4 Å². The topological polar surface area (TPSA) is 9.23 Å². The van der Waals surface area contributed by atoms with Gasteiger partial charge in [0.15, 0.2) is 8.32 Å². The van der Waals surface area contributed by atoms with Crippen molar-refractivity contribution in [2.75, 3.05) is 6.61 Å². The lowest BCUT2D eigenvalue weighted by Gasteiger charge is -2.24. The second-order valence-corrected chi connectivity index (χ2v) is 9.89. The van der Waals surface area contributed by atoms with Crippen LogP contribution in [0.4, 0.5) is 0 Å². The first kappa shape index (κ1) is 15.2. The molecule has 0 radical (unpaired) electrons. The van der Waals surface area contributed by atoms with E-state index < -0.39 is 8.32 Å². The van der Waals surface area contributed by atoms with E-state index in [-0.39, 0.29) is 0 Å². The molecule has 0 aliphatic heterocycles. The van der Waals surface area contributed by atoms with Crippen LogP contribution < -0.4 is 0 Å². The van der Waals surface area contributed by atoms with E-state index in [9.17, 15) is 0 Å². The summed E-state index contributed by atoms with van der Waals surface area (Å²) in [6.07, 6.45) is 4.05. The molecule has 0 saturated heterocycles. The van der Waals surface area contributed by atoms with Gasteiger partial charge in [0.2, 0.25) is 0 Å². The van der Waals surface area contributed by atoms with Crippen molar-refractivity contribution in [2.45, 2.75) is 66.1 Å².